The van der Waals surface area contributed by atoms with Crippen molar-refractivity contribution >= 4 is 11.0 Å². The number of hydrogen-bond donors (Lipinski definition) is 0. The topological polar surface area (TPSA) is 50.8 Å². The molecule has 0 aliphatic carbocycles. The molecule has 1 aromatic carbocycles. The van der Waals surface area contributed by atoms with Gasteiger partial charge in [0.05, 0.1) is 22.7 Å². The lowest BCUT2D eigenvalue weighted by atomic mass is 10.1. The number of fused-ring (bicyclic) bond motifs is 1. The van der Waals surface area contributed by atoms with Gasteiger partial charge < -0.3 is 9.30 Å². The van der Waals surface area contributed by atoms with Crippen molar-refractivity contribution in [2.24, 2.45) is 0 Å². The highest BCUT2D eigenvalue weighted by atomic mass is 16.5. The lowest BCUT2D eigenvalue weighted by Crippen LogP contribution is -2.25. The zero-order valence-electron chi connectivity index (χ0n) is 12.2. The molecular weight excluding hydrogens is 250 g/mol. The molecule has 0 radical (unpaired) electrons. The number of ether oxygens (including phenoxy) is 1. The molecule has 1 atom stereocenters. The lowest BCUT2D eigenvalue weighted by Gasteiger charge is -2.26. The molecule has 1 aliphatic heterocycles. The third kappa shape index (κ3) is 2.08. The summed E-state index contributed by atoms with van der Waals surface area (Å²) in [7, 11) is 0. The van der Waals surface area contributed by atoms with E-state index in [1.54, 1.807) is 0 Å². The van der Waals surface area contributed by atoms with Crippen LogP contribution in [0.25, 0.3) is 11.0 Å². The second-order valence-electron chi connectivity index (χ2n) is 6.29. The van der Waals surface area contributed by atoms with Crippen molar-refractivity contribution in [3.8, 4) is 6.07 Å². The van der Waals surface area contributed by atoms with Crippen LogP contribution in [0.3, 0.4) is 0 Å². The molecule has 0 bridgehead atoms. The Morgan fingerprint density at radius 2 is 2.20 bits per heavy atom. The van der Waals surface area contributed by atoms with Gasteiger partial charge in [0.15, 0.2) is 0 Å². The highest BCUT2D eigenvalue weighted by Crippen LogP contribution is 2.34. The van der Waals surface area contributed by atoms with E-state index in [2.05, 4.69) is 31.4 Å². The Bertz CT molecular complexity index is 682. The van der Waals surface area contributed by atoms with Gasteiger partial charge in [-0.05, 0) is 51.8 Å². The minimum atomic E-state index is -0.0653. The summed E-state index contributed by atoms with van der Waals surface area (Å²) in [6, 6.07) is 7.88. The number of nitrogens with zero attached hydrogens (tertiary/aromatic N) is 3. The molecule has 3 rings (SSSR count). The first-order valence-corrected chi connectivity index (χ1v) is 7.05. The monoisotopic (exact) mass is 269 g/mol. The number of nitriles is 1. The van der Waals surface area contributed by atoms with Gasteiger partial charge in [0, 0.05) is 12.1 Å². The van der Waals surface area contributed by atoms with Crippen molar-refractivity contribution in [1.82, 2.24) is 9.55 Å². The summed E-state index contributed by atoms with van der Waals surface area (Å²) < 4.78 is 8.06. The van der Waals surface area contributed by atoms with Crippen LogP contribution in [-0.2, 0) is 10.3 Å². The third-order valence-corrected chi connectivity index (χ3v) is 3.70. The van der Waals surface area contributed by atoms with Gasteiger partial charge in [-0.25, -0.2) is 4.98 Å². The van der Waals surface area contributed by atoms with Crippen LogP contribution in [0.5, 0.6) is 0 Å². The van der Waals surface area contributed by atoms with Gasteiger partial charge in [0.25, 0.3) is 0 Å². The van der Waals surface area contributed by atoms with E-state index in [9.17, 15) is 0 Å². The first kappa shape index (κ1) is 13.1. The number of benzene rings is 1. The van der Waals surface area contributed by atoms with Gasteiger partial charge in [-0.2, -0.15) is 5.26 Å². The number of imidazole rings is 1. The van der Waals surface area contributed by atoms with Crippen LogP contribution >= 0.6 is 0 Å². The zero-order chi connectivity index (χ0) is 14.3. The molecule has 2 aromatic rings. The molecule has 1 aliphatic rings. The van der Waals surface area contributed by atoms with Gasteiger partial charge in [0.1, 0.15) is 11.9 Å². The summed E-state index contributed by atoms with van der Waals surface area (Å²) >= 11 is 0. The first-order chi connectivity index (χ1) is 9.50. The number of hydrogen-bond acceptors (Lipinski definition) is 3. The van der Waals surface area contributed by atoms with Crippen molar-refractivity contribution in [1.29, 1.82) is 5.26 Å². The highest BCUT2D eigenvalue weighted by molar-refractivity contribution is 5.78. The van der Waals surface area contributed by atoms with E-state index in [1.165, 1.54) is 0 Å². The summed E-state index contributed by atoms with van der Waals surface area (Å²) in [6.07, 6.45) is 2.18. The SMILES string of the molecule is CC(C)(C)n1c(C2CCCO2)nc2cc(C#N)ccc21. The van der Waals surface area contributed by atoms with Gasteiger partial charge in [-0.3, -0.25) is 0 Å². The van der Waals surface area contributed by atoms with Crippen molar-refractivity contribution in [2.45, 2.75) is 45.3 Å². The van der Waals surface area contributed by atoms with Crippen LogP contribution < -0.4 is 0 Å². The van der Waals surface area contributed by atoms with E-state index in [0.29, 0.717) is 5.56 Å². The second-order valence-corrected chi connectivity index (χ2v) is 6.29. The average molecular weight is 269 g/mol. The number of aromatic nitrogens is 2. The Balaban J connectivity index is 2.24. The quantitative estimate of drug-likeness (QED) is 0.796. The second kappa shape index (κ2) is 4.60. The van der Waals surface area contributed by atoms with Crippen molar-refractivity contribution in [3.63, 3.8) is 0 Å². The molecule has 1 saturated heterocycles. The normalized spacial score (nSPS) is 19.4. The molecule has 0 saturated carbocycles. The van der Waals surface area contributed by atoms with E-state index in [0.717, 1.165) is 36.3 Å². The summed E-state index contributed by atoms with van der Waals surface area (Å²) in [5, 5.41) is 9.04. The van der Waals surface area contributed by atoms with Gasteiger partial charge >= 0.3 is 0 Å². The molecule has 104 valence electrons. The van der Waals surface area contributed by atoms with E-state index in [1.807, 2.05) is 18.2 Å². The minimum Gasteiger partial charge on any atom is -0.370 e. The molecule has 20 heavy (non-hydrogen) atoms. The van der Waals surface area contributed by atoms with E-state index >= 15 is 0 Å². The van der Waals surface area contributed by atoms with E-state index < -0.39 is 0 Å². The van der Waals surface area contributed by atoms with Crippen LogP contribution in [0.15, 0.2) is 18.2 Å². The van der Waals surface area contributed by atoms with E-state index in [-0.39, 0.29) is 11.6 Å². The molecule has 4 nitrogen and oxygen atoms in total. The van der Waals surface area contributed by atoms with Gasteiger partial charge in [-0.1, -0.05) is 0 Å². The maximum Gasteiger partial charge on any atom is 0.139 e. The smallest absolute Gasteiger partial charge is 0.139 e. The van der Waals surface area contributed by atoms with Crippen LogP contribution in [-0.4, -0.2) is 16.2 Å². The molecule has 2 heterocycles. The van der Waals surface area contributed by atoms with Crippen LogP contribution in [0.2, 0.25) is 0 Å². The molecule has 4 heteroatoms. The van der Waals surface area contributed by atoms with Crippen molar-refractivity contribution in [2.75, 3.05) is 6.61 Å². The first-order valence-electron chi connectivity index (χ1n) is 7.05. The fourth-order valence-electron chi connectivity index (χ4n) is 2.87. The Morgan fingerprint density at radius 3 is 2.80 bits per heavy atom. The van der Waals surface area contributed by atoms with Crippen LogP contribution in [0.4, 0.5) is 0 Å². The van der Waals surface area contributed by atoms with E-state index in [4.69, 9.17) is 15.0 Å². The fourth-order valence-corrected chi connectivity index (χ4v) is 2.87. The Kier molecular flexibility index (Phi) is 3.02. The Morgan fingerprint density at radius 1 is 1.40 bits per heavy atom. The molecule has 0 spiro atoms. The van der Waals surface area contributed by atoms with Gasteiger partial charge in [0.2, 0.25) is 0 Å². The fraction of sp³-hybridized carbons (Fsp3) is 0.500. The average Bonchev–Trinajstić information content (AvgIpc) is 3.03. The molecule has 0 amide bonds. The molecule has 0 N–H and O–H groups in total. The third-order valence-electron chi connectivity index (χ3n) is 3.70. The molecule has 1 unspecified atom stereocenters. The molecular formula is C16H19N3O. The minimum absolute atomic E-state index is 0.0653. The predicted octanol–water partition coefficient (Wildman–Crippen LogP) is 3.51. The van der Waals surface area contributed by atoms with Crippen LogP contribution in [0.1, 0.15) is 51.1 Å². The lowest BCUT2D eigenvalue weighted by molar-refractivity contribution is 0.0985. The Hall–Kier alpha value is -1.86. The van der Waals surface area contributed by atoms with Crippen molar-refractivity contribution in [3.05, 3.63) is 29.6 Å². The maximum absolute atomic E-state index is 9.04. The summed E-state index contributed by atoms with van der Waals surface area (Å²) in [5.74, 6) is 0.986. The predicted molar refractivity (Wildman–Crippen MR) is 77.4 cm³/mol. The molecule has 1 fully saturated rings. The molecule has 1 aromatic heterocycles. The maximum atomic E-state index is 9.04. The number of rotatable bonds is 1. The standard InChI is InChI=1S/C16H19N3O/c1-16(2,3)19-13-7-6-11(10-17)9-12(13)18-15(19)14-5-4-8-20-14/h6-7,9,14H,4-5,8H2,1-3H3. The summed E-state index contributed by atoms with van der Waals surface area (Å²) in [4.78, 5) is 4.76. The largest absolute Gasteiger partial charge is 0.370 e. The Labute approximate surface area is 119 Å². The van der Waals surface area contributed by atoms with Gasteiger partial charge in [-0.15, -0.1) is 0 Å². The summed E-state index contributed by atoms with van der Waals surface area (Å²) in [6.45, 7) is 7.32. The summed E-state index contributed by atoms with van der Waals surface area (Å²) in [5.41, 5.74) is 2.53. The highest BCUT2D eigenvalue weighted by Gasteiger charge is 2.29. The zero-order valence-corrected chi connectivity index (χ0v) is 12.2. The van der Waals surface area contributed by atoms with Crippen molar-refractivity contribution < 1.29 is 4.74 Å². The van der Waals surface area contributed by atoms with Crippen LogP contribution in [0, 0.1) is 11.3 Å².